The van der Waals surface area contributed by atoms with Crippen molar-refractivity contribution in [2.75, 3.05) is 11.9 Å². The molecule has 0 unspecified atom stereocenters. The van der Waals surface area contributed by atoms with Gasteiger partial charge in [-0.2, -0.15) is 0 Å². The van der Waals surface area contributed by atoms with Gasteiger partial charge in [0.25, 0.3) is 0 Å². The van der Waals surface area contributed by atoms with Gasteiger partial charge in [0.1, 0.15) is 5.65 Å². The highest BCUT2D eigenvalue weighted by Gasteiger charge is 2.26. The number of hydrogen-bond donors (Lipinski definition) is 1. The number of aromatic nitrogens is 2. The summed E-state index contributed by atoms with van der Waals surface area (Å²) in [7, 11) is 2.03. The number of imidazole rings is 1. The van der Waals surface area contributed by atoms with E-state index in [9.17, 15) is 5.11 Å². The van der Waals surface area contributed by atoms with Crippen LogP contribution in [0.25, 0.3) is 5.65 Å². The van der Waals surface area contributed by atoms with Crippen LogP contribution in [0.3, 0.4) is 0 Å². The minimum absolute atomic E-state index is 0.00928. The maximum Gasteiger partial charge on any atom is 0.153 e. The summed E-state index contributed by atoms with van der Waals surface area (Å²) >= 11 is 0. The van der Waals surface area contributed by atoms with Crippen molar-refractivity contribution in [1.82, 2.24) is 9.38 Å². The van der Waals surface area contributed by atoms with Crippen molar-refractivity contribution >= 4 is 11.5 Å². The van der Waals surface area contributed by atoms with Crippen molar-refractivity contribution in [1.29, 1.82) is 0 Å². The van der Waals surface area contributed by atoms with Crippen molar-refractivity contribution in [3.63, 3.8) is 0 Å². The molecule has 1 N–H and O–H groups in total. The van der Waals surface area contributed by atoms with Crippen LogP contribution in [-0.2, 0) is 6.61 Å². The quantitative estimate of drug-likeness (QED) is 0.902. The first-order valence-corrected chi connectivity index (χ1v) is 6.32. The van der Waals surface area contributed by atoms with E-state index < -0.39 is 0 Å². The number of hydrogen-bond acceptors (Lipinski definition) is 3. The Bertz CT molecular complexity index is 545. The fourth-order valence-electron chi connectivity index (χ4n) is 1.97. The fourth-order valence-corrected chi connectivity index (χ4v) is 1.97. The average Bonchev–Trinajstić information content (AvgIpc) is 2.75. The van der Waals surface area contributed by atoms with E-state index in [1.54, 1.807) is 0 Å². The van der Waals surface area contributed by atoms with Crippen LogP contribution in [-0.4, -0.2) is 27.1 Å². The topological polar surface area (TPSA) is 40.8 Å². The van der Waals surface area contributed by atoms with Crippen LogP contribution in [0.1, 0.15) is 32.9 Å². The van der Waals surface area contributed by atoms with Gasteiger partial charge in [-0.25, -0.2) is 4.98 Å². The molecule has 0 aliphatic rings. The molecule has 0 fully saturated rings. The number of fused-ring (bicyclic) bond motifs is 1. The van der Waals surface area contributed by atoms with Gasteiger partial charge in [-0.3, -0.25) is 4.40 Å². The zero-order valence-corrected chi connectivity index (χ0v) is 11.5. The number of pyridine rings is 1. The molecule has 2 aromatic rings. The number of aliphatic hydroxyl groups is 1. The zero-order valence-electron chi connectivity index (χ0n) is 11.5. The van der Waals surface area contributed by atoms with Crippen molar-refractivity contribution in [3.8, 4) is 0 Å². The molecule has 2 aromatic heterocycles. The molecule has 0 aliphatic carbocycles. The molecule has 18 heavy (non-hydrogen) atoms. The Morgan fingerprint density at radius 3 is 2.72 bits per heavy atom. The van der Waals surface area contributed by atoms with E-state index >= 15 is 0 Å². The van der Waals surface area contributed by atoms with E-state index in [2.05, 4.69) is 30.7 Å². The Morgan fingerprint density at radius 1 is 1.39 bits per heavy atom. The van der Waals surface area contributed by atoms with Crippen molar-refractivity contribution in [2.24, 2.45) is 0 Å². The first-order chi connectivity index (χ1) is 8.51. The molecule has 0 atom stereocenters. The monoisotopic (exact) mass is 247 g/mol. The van der Waals surface area contributed by atoms with Crippen LogP contribution in [0.5, 0.6) is 0 Å². The molecule has 0 saturated heterocycles. The average molecular weight is 247 g/mol. The van der Waals surface area contributed by atoms with E-state index in [4.69, 9.17) is 0 Å². The minimum Gasteiger partial charge on any atom is -0.390 e. The molecule has 0 amide bonds. The van der Waals surface area contributed by atoms with Crippen molar-refractivity contribution in [2.45, 2.75) is 39.3 Å². The lowest BCUT2D eigenvalue weighted by Crippen LogP contribution is -2.41. The van der Waals surface area contributed by atoms with Crippen molar-refractivity contribution in [3.05, 3.63) is 30.1 Å². The molecule has 0 aliphatic heterocycles. The first kappa shape index (κ1) is 12.9. The normalized spacial score (nSPS) is 12.1. The Balaban J connectivity index is 2.57. The molecule has 0 saturated carbocycles. The molecule has 0 bridgehead atoms. The van der Waals surface area contributed by atoms with E-state index in [-0.39, 0.29) is 12.1 Å². The molecule has 4 heteroatoms. The van der Waals surface area contributed by atoms with Gasteiger partial charge in [0.05, 0.1) is 12.3 Å². The zero-order chi connectivity index (χ0) is 13.3. The number of nitrogens with zero attached hydrogens (tertiary/aromatic N) is 3. The molecular formula is C14H21N3O. The van der Waals surface area contributed by atoms with Gasteiger partial charge >= 0.3 is 0 Å². The van der Waals surface area contributed by atoms with Gasteiger partial charge in [-0.05, 0) is 32.4 Å². The highest BCUT2D eigenvalue weighted by Crippen LogP contribution is 2.28. The summed E-state index contributed by atoms with van der Waals surface area (Å²) in [5.41, 5.74) is 1.73. The third-order valence-corrected chi connectivity index (χ3v) is 3.85. The SMILES string of the molecule is CCC(C)(C)N(C)c1nc2ccccn2c1CO. The summed E-state index contributed by atoms with van der Waals surface area (Å²) in [5.74, 6) is 0.857. The first-order valence-electron chi connectivity index (χ1n) is 6.32. The molecule has 4 nitrogen and oxygen atoms in total. The molecule has 98 valence electrons. The summed E-state index contributed by atoms with van der Waals surface area (Å²) in [6, 6.07) is 5.86. The van der Waals surface area contributed by atoms with Crippen LogP contribution < -0.4 is 4.90 Å². The smallest absolute Gasteiger partial charge is 0.153 e. The predicted octanol–water partition coefficient (Wildman–Crippen LogP) is 2.45. The molecule has 0 radical (unpaired) electrons. The van der Waals surface area contributed by atoms with Gasteiger partial charge in [-0.15, -0.1) is 0 Å². The van der Waals surface area contributed by atoms with E-state index in [1.807, 2.05) is 35.8 Å². The second kappa shape index (κ2) is 4.61. The summed E-state index contributed by atoms with van der Waals surface area (Å²) < 4.78 is 1.94. The van der Waals surface area contributed by atoms with Crippen LogP contribution in [0, 0.1) is 0 Å². The second-order valence-corrected chi connectivity index (χ2v) is 5.19. The molecule has 2 rings (SSSR count). The van der Waals surface area contributed by atoms with Gasteiger partial charge in [0, 0.05) is 18.8 Å². The number of anilines is 1. The summed E-state index contributed by atoms with van der Waals surface area (Å²) in [5, 5.41) is 9.61. The lowest BCUT2D eigenvalue weighted by Gasteiger charge is -2.35. The summed E-state index contributed by atoms with van der Waals surface area (Å²) in [4.78, 5) is 6.77. The third-order valence-electron chi connectivity index (χ3n) is 3.85. The van der Waals surface area contributed by atoms with Gasteiger partial charge < -0.3 is 10.0 Å². The van der Waals surface area contributed by atoms with Gasteiger partial charge in [0.2, 0.25) is 0 Å². The molecule has 0 spiro atoms. The standard InChI is InChI=1S/C14H21N3O/c1-5-14(2,3)16(4)13-11(10-18)17-9-7-6-8-12(17)15-13/h6-9,18H,5,10H2,1-4H3. The van der Waals surface area contributed by atoms with E-state index in [0.717, 1.165) is 23.6 Å². The molecule has 0 aromatic carbocycles. The Morgan fingerprint density at radius 2 is 2.11 bits per heavy atom. The Kier molecular flexibility index (Phi) is 3.30. The Hall–Kier alpha value is -1.55. The Labute approximate surface area is 108 Å². The minimum atomic E-state index is -0.00928. The lowest BCUT2D eigenvalue weighted by molar-refractivity contribution is 0.275. The predicted molar refractivity (Wildman–Crippen MR) is 73.9 cm³/mol. The molecular weight excluding hydrogens is 226 g/mol. The molecule has 2 heterocycles. The summed E-state index contributed by atoms with van der Waals surface area (Å²) in [6.45, 7) is 6.51. The van der Waals surface area contributed by atoms with E-state index in [0.29, 0.717) is 0 Å². The van der Waals surface area contributed by atoms with Crippen LogP contribution in [0.2, 0.25) is 0 Å². The largest absolute Gasteiger partial charge is 0.390 e. The highest BCUT2D eigenvalue weighted by molar-refractivity contribution is 5.56. The number of rotatable bonds is 4. The third kappa shape index (κ3) is 1.97. The lowest BCUT2D eigenvalue weighted by atomic mass is 10.00. The van der Waals surface area contributed by atoms with Crippen LogP contribution >= 0.6 is 0 Å². The van der Waals surface area contributed by atoms with Gasteiger partial charge in [0.15, 0.2) is 5.82 Å². The summed E-state index contributed by atoms with van der Waals surface area (Å²) in [6.07, 6.45) is 2.95. The van der Waals surface area contributed by atoms with Gasteiger partial charge in [-0.1, -0.05) is 13.0 Å². The van der Waals surface area contributed by atoms with E-state index in [1.165, 1.54) is 0 Å². The fraction of sp³-hybridized carbons (Fsp3) is 0.500. The number of aliphatic hydroxyl groups excluding tert-OH is 1. The highest BCUT2D eigenvalue weighted by atomic mass is 16.3. The van der Waals surface area contributed by atoms with Crippen LogP contribution in [0.15, 0.2) is 24.4 Å². The maximum absolute atomic E-state index is 9.61. The second-order valence-electron chi connectivity index (χ2n) is 5.19. The maximum atomic E-state index is 9.61. The van der Waals surface area contributed by atoms with Crippen molar-refractivity contribution < 1.29 is 5.11 Å². The van der Waals surface area contributed by atoms with Crippen LogP contribution in [0.4, 0.5) is 5.82 Å².